The van der Waals surface area contributed by atoms with Crippen LogP contribution >= 0.6 is 0 Å². The molecule has 0 radical (unpaired) electrons. The van der Waals surface area contributed by atoms with Gasteiger partial charge in [0.05, 0.1) is 0 Å². The van der Waals surface area contributed by atoms with Gasteiger partial charge in [-0.05, 0) is 86.2 Å². The third kappa shape index (κ3) is 7.06. The van der Waals surface area contributed by atoms with E-state index < -0.39 is 12.0 Å². The summed E-state index contributed by atoms with van der Waals surface area (Å²) >= 11 is 0. The first kappa shape index (κ1) is 25.8. The van der Waals surface area contributed by atoms with Crippen LogP contribution in [0.3, 0.4) is 0 Å². The molecular formula is C30H34N2O3. The molecule has 182 valence electrons. The van der Waals surface area contributed by atoms with Crippen molar-refractivity contribution in [1.29, 1.82) is 0 Å². The van der Waals surface area contributed by atoms with Crippen LogP contribution in [0.4, 0.5) is 5.69 Å². The minimum Gasteiger partial charge on any atom is -0.480 e. The normalized spacial score (nSPS) is 12.3. The van der Waals surface area contributed by atoms with Crippen LogP contribution in [-0.2, 0) is 16.0 Å². The Bertz CT molecular complexity index is 1210. The number of carbonyl (C=O) groups excluding carboxylic acids is 1. The van der Waals surface area contributed by atoms with Gasteiger partial charge in [-0.25, -0.2) is 4.79 Å². The molecule has 0 saturated carbocycles. The van der Waals surface area contributed by atoms with E-state index in [1.54, 1.807) is 6.92 Å². The van der Waals surface area contributed by atoms with Gasteiger partial charge in [-0.1, -0.05) is 54.6 Å². The van der Waals surface area contributed by atoms with Crippen molar-refractivity contribution >= 4 is 23.6 Å². The zero-order chi connectivity index (χ0) is 25.5. The number of hydrogen-bond acceptors (Lipinski definition) is 3. The third-order valence-electron chi connectivity index (χ3n) is 5.88. The largest absolute Gasteiger partial charge is 0.480 e. The van der Waals surface area contributed by atoms with E-state index in [0.717, 1.165) is 39.1 Å². The molecule has 0 aliphatic carbocycles. The minimum absolute atomic E-state index is 0.230. The number of hydrogen-bond donors (Lipinski definition) is 3. The maximum Gasteiger partial charge on any atom is 0.326 e. The Morgan fingerprint density at radius 2 is 1.60 bits per heavy atom. The predicted molar refractivity (Wildman–Crippen MR) is 143 cm³/mol. The van der Waals surface area contributed by atoms with E-state index in [-0.39, 0.29) is 12.3 Å². The van der Waals surface area contributed by atoms with Crippen LogP contribution in [0.2, 0.25) is 0 Å². The fraction of sp³-hybridized carbons (Fsp3) is 0.267. The van der Waals surface area contributed by atoms with Gasteiger partial charge in [0.2, 0.25) is 5.91 Å². The van der Waals surface area contributed by atoms with Crippen LogP contribution in [-0.4, -0.2) is 29.1 Å². The van der Waals surface area contributed by atoms with E-state index >= 15 is 0 Å². The topological polar surface area (TPSA) is 78.4 Å². The van der Waals surface area contributed by atoms with Crippen LogP contribution in [0.1, 0.15) is 43.0 Å². The molecule has 0 fully saturated rings. The number of nitrogens with one attached hydrogen (secondary N) is 2. The lowest BCUT2D eigenvalue weighted by molar-refractivity contribution is -0.141. The summed E-state index contributed by atoms with van der Waals surface area (Å²) in [5.74, 6) is -1.44. The summed E-state index contributed by atoms with van der Waals surface area (Å²) in [6, 6.07) is 21.3. The van der Waals surface area contributed by atoms with Gasteiger partial charge in [-0.3, -0.25) is 4.79 Å². The van der Waals surface area contributed by atoms with Crippen molar-refractivity contribution in [3.05, 3.63) is 94.6 Å². The lowest BCUT2D eigenvalue weighted by Crippen LogP contribution is -2.42. The monoisotopic (exact) mass is 470 g/mol. The Morgan fingerprint density at radius 1 is 0.943 bits per heavy atom. The Morgan fingerprint density at radius 3 is 2.20 bits per heavy atom. The highest BCUT2D eigenvalue weighted by molar-refractivity contribution is 5.99. The molecule has 0 aliphatic heterocycles. The highest BCUT2D eigenvalue weighted by Gasteiger charge is 2.21. The second-order valence-corrected chi connectivity index (χ2v) is 9.28. The Kier molecular flexibility index (Phi) is 8.48. The SMILES string of the molecule is C/C(=C\c1cc(C)c(-c2ccc(NC(C)C)cc2)cc1C)C(=O)N[C@H](Cc1ccccc1)C(=O)O. The van der Waals surface area contributed by atoms with Crippen molar-refractivity contribution < 1.29 is 14.7 Å². The van der Waals surface area contributed by atoms with Gasteiger partial charge < -0.3 is 15.7 Å². The van der Waals surface area contributed by atoms with E-state index in [9.17, 15) is 14.7 Å². The Hall–Kier alpha value is -3.86. The summed E-state index contributed by atoms with van der Waals surface area (Å²) in [6.07, 6.45) is 2.05. The van der Waals surface area contributed by atoms with Gasteiger partial charge in [0.1, 0.15) is 6.04 Å². The summed E-state index contributed by atoms with van der Waals surface area (Å²) in [4.78, 5) is 24.5. The smallest absolute Gasteiger partial charge is 0.326 e. The van der Waals surface area contributed by atoms with Gasteiger partial charge in [-0.15, -0.1) is 0 Å². The molecule has 0 aromatic heterocycles. The highest BCUT2D eigenvalue weighted by Crippen LogP contribution is 2.29. The molecule has 3 aromatic rings. The number of anilines is 1. The summed E-state index contributed by atoms with van der Waals surface area (Å²) in [5.41, 5.74) is 7.77. The molecule has 1 amide bonds. The van der Waals surface area contributed by atoms with Crippen LogP contribution in [0.25, 0.3) is 17.2 Å². The molecule has 3 rings (SSSR count). The van der Waals surface area contributed by atoms with Gasteiger partial charge in [-0.2, -0.15) is 0 Å². The number of amides is 1. The third-order valence-corrected chi connectivity index (χ3v) is 5.88. The number of carbonyl (C=O) groups is 2. The lowest BCUT2D eigenvalue weighted by Gasteiger charge is -2.16. The first-order valence-corrected chi connectivity index (χ1v) is 11.9. The number of carboxylic acid groups (broad SMARTS) is 1. The van der Waals surface area contributed by atoms with Crippen molar-refractivity contribution in [3.63, 3.8) is 0 Å². The van der Waals surface area contributed by atoms with Gasteiger partial charge >= 0.3 is 5.97 Å². The van der Waals surface area contributed by atoms with Crippen molar-refractivity contribution in [2.45, 2.75) is 53.1 Å². The predicted octanol–water partition coefficient (Wildman–Crippen LogP) is 6.01. The molecule has 3 N–H and O–H groups in total. The molecule has 35 heavy (non-hydrogen) atoms. The molecule has 0 bridgehead atoms. The second kappa shape index (κ2) is 11.5. The zero-order valence-corrected chi connectivity index (χ0v) is 21.1. The van der Waals surface area contributed by atoms with Crippen LogP contribution in [0.15, 0.2) is 72.3 Å². The maximum absolute atomic E-state index is 12.8. The highest BCUT2D eigenvalue weighted by atomic mass is 16.4. The maximum atomic E-state index is 12.8. The minimum atomic E-state index is -1.05. The first-order valence-electron chi connectivity index (χ1n) is 11.9. The average molecular weight is 471 g/mol. The van der Waals surface area contributed by atoms with Gasteiger partial charge in [0.15, 0.2) is 0 Å². The molecule has 1 atom stereocenters. The van der Waals surface area contributed by atoms with Gasteiger partial charge in [0, 0.05) is 23.7 Å². The molecule has 5 nitrogen and oxygen atoms in total. The van der Waals surface area contributed by atoms with Crippen molar-refractivity contribution in [2.75, 3.05) is 5.32 Å². The van der Waals surface area contributed by atoms with E-state index in [4.69, 9.17) is 0 Å². The molecular weight excluding hydrogens is 436 g/mol. The van der Waals surface area contributed by atoms with Crippen molar-refractivity contribution in [2.24, 2.45) is 0 Å². The first-order chi connectivity index (χ1) is 16.6. The zero-order valence-electron chi connectivity index (χ0n) is 21.1. The molecule has 0 heterocycles. The van der Waals surface area contributed by atoms with Crippen molar-refractivity contribution in [3.8, 4) is 11.1 Å². The van der Waals surface area contributed by atoms with E-state index in [1.165, 1.54) is 0 Å². The quantitative estimate of drug-likeness (QED) is 0.335. The number of carboxylic acids is 1. The molecule has 0 aliphatic rings. The second-order valence-electron chi connectivity index (χ2n) is 9.28. The van der Waals surface area contributed by atoms with Crippen LogP contribution in [0.5, 0.6) is 0 Å². The number of aryl methyl sites for hydroxylation is 2. The van der Waals surface area contributed by atoms with E-state index in [0.29, 0.717) is 11.6 Å². The van der Waals surface area contributed by atoms with Gasteiger partial charge in [0.25, 0.3) is 0 Å². The summed E-state index contributed by atoms with van der Waals surface area (Å²) in [5, 5.41) is 15.7. The Balaban J connectivity index is 1.77. The van der Waals surface area contributed by atoms with Crippen LogP contribution < -0.4 is 10.6 Å². The fourth-order valence-corrected chi connectivity index (χ4v) is 4.01. The summed E-state index contributed by atoms with van der Waals surface area (Å²) < 4.78 is 0. The van der Waals surface area contributed by atoms with E-state index in [1.807, 2.05) is 43.3 Å². The molecule has 0 unspecified atom stereocenters. The number of rotatable bonds is 9. The molecule has 0 saturated heterocycles. The summed E-state index contributed by atoms with van der Waals surface area (Å²) in [7, 11) is 0. The molecule has 5 heteroatoms. The number of aliphatic carboxylic acids is 1. The van der Waals surface area contributed by atoms with Crippen molar-refractivity contribution in [1.82, 2.24) is 5.32 Å². The molecule has 0 spiro atoms. The molecule has 3 aromatic carbocycles. The fourth-order valence-electron chi connectivity index (χ4n) is 4.01. The average Bonchev–Trinajstić information content (AvgIpc) is 2.81. The number of benzene rings is 3. The van der Waals surface area contributed by atoms with Crippen LogP contribution in [0, 0.1) is 13.8 Å². The van der Waals surface area contributed by atoms with E-state index in [2.05, 4.69) is 67.8 Å². The summed E-state index contributed by atoms with van der Waals surface area (Å²) in [6.45, 7) is 10.0. The standard InChI is InChI=1S/C30H34N2O3/c1-19(2)31-26-13-11-24(12-14-26)27-17-20(3)25(15-21(27)4)16-22(5)29(33)32-28(30(34)35)18-23-9-7-6-8-10-23/h6-17,19,28,31H,18H2,1-5H3,(H,32,33)(H,34,35)/b22-16+/t28-/m1/s1. The Labute approximate surface area is 207 Å². The lowest BCUT2D eigenvalue weighted by atomic mass is 9.94.